The zero-order valence-corrected chi connectivity index (χ0v) is 21.3. The Balaban J connectivity index is 0.00000361. The molecule has 36 heavy (non-hydrogen) atoms. The highest BCUT2D eigenvalue weighted by Crippen LogP contribution is 2.32. The molecule has 2 aromatic carbocycles. The van der Waals surface area contributed by atoms with Gasteiger partial charge in [-0.2, -0.15) is 26.7 Å². The number of benzene rings is 2. The molecule has 1 saturated carbocycles. The number of pyridine rings is 1. The van der Waals surface area contributed by atoms with E-state index in [1.165, 1.54) is 18.9 Å². The van der Waals surface area contributed by atoms with E-state index >= 15 is 0 Å². The molecular weight excluding hydrogens is 485 g/mol. The number of aliphatic hydroxyl groups is 1. The molecule has 4 nitrogen and oxygen atoms in total. The average Bonchev–Trinajstić information content (AvgIpc) is 3.67. The predicted octanol–water partition coefficient (Wildman–Crippen LogP) is 5.85. The molecule has 8 heteroatoms. The van der Waals surface area contributed by atoms with Gasteiger partial charge in [0.1, 0.15) is 5.69 Å². The number of nitrogens with zero attached hydrogens (tertiary/aromatic N) is 1. The van der Waals surface area contributed by atoms with Gasteiger partial charge in [0.25, 0.3) is 0 Å². The normalized spacial score (nSPS) is 15.2. The molecule has 0 spiro atoms. The minimum atomic E-state index is -4.62. The molecule has 1 fully saturated rings. The average molecular weight is 519 g/mol. The lowest BCUT2D eigenvalue weighted by Gasteiger charge is -2.22. The molecule has 2 atom stereocenters. The van der Waals surface area contributed by atoms with Gasteiger partial charge in [0.05, 0.1) is 18.4 Å². The first-order valence-corrected chi connectivity index (χ1v) is 12.0. The Morgan fingerprint density at radius 3 is 2.39 bits per heavy atom. The second-order valence-corrected chi connectivity index (χ2v) is 9.33. The molecule has 4 rings (SSSR count). The van der Waals surface area contributed by atoms with Gasteiger partial charge in [-0.15, -0.1) is 0 Å². The standard InChI is InChI=1S/C28H31F3N2O2.H2S/c1-19-7-11-22(12-8-19)25-14-23(15-27(33-25)28(29,30)31)26(34)16-32-24(18-35-17-21-9-10-21)13-20-5-3-2-4-6-20;/h2-8,11-12,14-15,21,24,26,32,34H,9-10,13,16-18H2,1H3;1H2/t24-,26?;/m0./s1. The van der Waals surface area contributed by atoms with Crippen molar-refractivity contribution in [2.75, 3.05) is 19.8 Å². The van der Waals surface area contributed by atoms with E-state index in [1.807, 2.05) is 49.4 Å². The van der Waals surface area contributed by atoms with Crippen molar-refractivity contribution in [3.63, 3.8) is 0 Å². The van der Waals surface area contributed by atoms with Crippen LogP contribution in [-0.2, 0) is 17.3 Å². The quantitative estimate of drug-likeness (QED) is 0.334. The lowest BCUT2D eigenvalue weighted by atomic mass is 10.0. The van der Waals surface area contributed by atoms with E-state index in [2.05, 4.69) is 10.3 Å². The van der Waals surface area contributed by atoms with Crippen LogP contribution in [-0.4, -0.2) is 35.9 Å². The Morgan fingerprint density at radius 2 is 1.75 bits per heavy atom. The third kappa shape index (κ3) is 8.34. The number of rotatable bonds is 11. The maximum atomic E-state index is 13.6. The Labute approximate surface area is 217 Å². The van der Waals surface area contributed by atoms with Crippen LogP contribution in [0.25, 0.3) is 11.3 Å². The van der Waals surface area contributed by atoms with Crippen molar-refractivity contribution in [1.29, 1.82) is 0 Å². The van der Waals surface area contributed by atoms with Crippen molar-refractivity contribution in [3.8, 4) is 11.3 Å². The number of ether oxygens (including phenoxy) is 1. The highest BCUT2D eigenvalue weighted by molar-refractivity contribution is 7.59. The van der Waals surface area contributed by atoms with E-state index in [4.69, 9.17) is 4.74 Å². The summed E-state index contributed by atoms with van der Waals surface area (Å²) in [5.41, 5.74) is 2.03. The summed E-state index contributed by atoms with van der Waals surface area (Å²) in [6.07, 6.45) is -2.67. The molecule has 2 N–H and O–H groups in total. The Hall–Kier alpha value is -2.39. The van der Waals surface area contributed by atoms with Gasteiger partial charge in [0.15, 0.2) is 0 Å². The lowest BCUT2D eigenvalue weighted by molar-refractivity contribution is -0.141. The summed E-state index contributed by atoms with van der Waals surface area (Å²) >= 11 is 0. The monoisotopic (exact) mass is 518 g/mol. The first-order chi connectivity index (χ1) is 16.8. The number of hydrogen-bond donors (Lipinski definition) is 2. The van der Waals surface area contributed by atoms with Crippen LogP contribution < -0.4 is 5.32 Å². The molecule has 1 aliphatic carbocycles. The molecule has 1 aromatic heterocycles. The first-order valence-electron chi connectivity index (χ1n) is 12.0. The second-order valence-electron chi connectivity index (χ2n) is 9.33. The maximum absolute atomic E-state index is 13.6. The number of alkyl halides is 3. The fraction of sp³-hybridized carbons (Fsp3) is 0.393. The van der Waals surface area contributed by atoms with E-state index < -0.39 is 18.0 Å². The van der Waals surface area contributed by atoms with Crippen LogP contribution in [0.4, 0.5) is 13.2 Å². The minimum Gasteiger partial charge on any atom is -0.387 e. The van der Waals surface area contributed by atoms with E-state index in [0.717, 1.165) is 17.2 Å². The van der Waals surface area contributed by atoms with Crippen LogP contribution in [0.2, 0.25) is 0 Å². The molecule has 3 aromatic rings. The lowest BCUT2D eigenvalue weighted by Crippen LogP contribution is -2.38. The van der Waals surface area contributed by atoms with Crippen LogP contribution in [0.5, 0.6) is 0 Å². The van der Waals surface area contributed by atoms with E-state index in [1.54, 1.807) is 12.1 Å². The zero-order valence-electron chi connectivity index (χ0n) is 20.3. The number of aryl methyl sites for hydroxylation is 1. The third-order valence-corrected chi connectivity index (χ3v) is 6.16. The second kappa shape index (κ2) is 12.7. The van der Waals surface area contributed by atoms with Crippen molar-refractivity contribution in [3.05, 3.63) is 89.1 Å². The summed E-state index contributed by atoms with van der Waals surface area (Å²) in [7, 11) is 0. The van der Waals surface area contributed by atoms with Crippen molar-refractivity contribution in [2.24, 2.45) is 5.92 Å². The van der Waals surface area contributed by atoms with Gasteiger partial charge in [-0.05, 0) is 55.4 Å². The van der Waals surface area contributed by atoms with Crippen molar-refractivity contribution >= 4 is 13.5 Å². The van der Waals surface area contributed by atoms with Crippen molar-refractivity contribution < 1.29 is 23.0 Å². The Bertz CT molecular complexity index is 1090. The van der Waals surface area contributed by atoms with Gasteiger partial charge in [0, 0.05) is 24.8 Å². The van der Waals surface area contributed by atoms with Crippen LogP contribution in [0.3, 0.4) is 0 Å². The molecule has 0 aliphatic heterocycles. The fourth-order valence-corrected chi connectivity index (χ4v) is 3.91. The largest absolute Gasteiger partial charge is 0.433 e. The maximum Gasteiger partial charge on any atom is 0.433 e. The number of halogens is 3. The van der Waals surface area contributed by atoms with E-state index in [9.17, 15) is 18.3 Å². The highest BCUT2D eigenvalue weighted by Gasteiger charge is 2.34. The van der Waals surface area contributed by atoms with Crippen LogP contribution in [0, 0.1) is 12.8 Å². The third-order valence-electron chi connectivity index (χ3n) is 6.16. The van der Waals surface area contributed by atoms with Crippen molar-refractivity contribution in [2.45, 2.75) is 44.5 Å². The topological polar surface area (TPSA) is 54.4 Å². The number of aliphatic hydroxyl groups excluding tert-OH is 1. The SMILES string of the molecule is Cc1ccc(-c2cc(C(O)CN[C@H](COCC3CC3)Cc3ccccc3)cc(C(F)(F)F)n2)cc1.S. The smallest absolute Gasteiger partial charge is 0.387 e. The molecule has 0 bridgehead atoms. The highest BCUT2D eigenvalue weighted by atomic mass is 32.1. The predicted molar refractivity (Wildman–Crippen MR) is 140 cm³/mol. The van der Waals surface area contributed by atoms with Gasteiger partial charge in [-0.1, -0.05) is 60.2 Å². The molecule has 0 radical (unpaired) electrons. The Morgan fingerprint density at radius 1 is 1.06 bits per heavy atom. The molecule has 0 saturated heterocycles. The van der Waals surface area contributed by atoms with Gasteiger partial charge < -0.3 is 15.2 Å². The van der Waals surface area contributed by atoms with Gasteiger partial charge >= 0.3 is 6.18 Å². The van der Waals surface area contributed by atoms with Gasteiger partial charge in [-0.25, -0.2) is 4.98 Å². The summed E-state index contributed by atoms with van der Waals surface area (Å²) in [5.74, 6) is 0.635. The zero-order chi connectivity index (χ0) is 24.8. The molecule has 1 aliphatic rings. The van der Waals surface area contributed by atoms with E-state index in [0.29, 0.717) is 31.1 Å². The fourth-order valence-electron chi connectivity index (χ4n) is 3.91. The molecule has 1 heterocycles. The number of nitrogens with one attached hydrogen (secondary N) is 1. The van der Waals surface area contributed by atoms with Crippen molar-refractivity contribution in [1.82, 2.24) is 10.3 Å². The van der Waals surface area contributed by atoms with Crippen LogP contribution in [0.1, 0.15) is 41.3 Å². The van der Waals surface area contributed by atoms with Gasteiger partial charge in [-0.3, -0.25) is 0 Å². The summed E-state index contributed by atoms with van der Waals surface area (Å²) in [6, 6.07) is 19.4. The minimum absolute atomic E-state index is 0. The Kier molecular flexibility index (Phi) is 9.96. The molecule has 0 amide bonds. The molecular formula is C28H33F3N2O2S. The first kappa shape index (κ1) is 28.2. The summed E-state index contributed by atoms with van der Waals surface area (Å²) in [5, 5.41) is 14.2. The number of aromatic nitrogens is 1. The summed E-state index contributed by atoms with van der Waals surface area (Å²) < 4.78 is 46.6. The molecule has 194 valence electrons. The number of hydrogen-bond acceptors (Lipinski definition) is 4. The molecule has 1 unspecified atom stereocenters. The van der Waals surface area contributed by atoms with Gasteiger partial charge in [0.2, 0.25) is 0 Å². The van der Waals surface area contributed by atoms with E-state index in [-0.39, 0.29) is 37.3 Å². The van der Waals surface area contributed by atoms with Crippen LogP contribution >= 0.6 is 13.5 Å². The van der Waals surface area contributed by atoms with Crippen LogP contribution in [0.15, 0.2) is 66.7 Å². The summed E-state index contributed by atoms with van der Waals surface area (Å²) in [4.78, 5) is 3.82. The summed E-state index contributed by atoms with van der Waals surface area (Å²) in [6.45, 7) is 3.19.